The molecule has 2 aromatic heterocycles. The Kier molecular flexibility index (Phi) is 4.95. The van der Waals surface area contributed by atoms with Crippen molar-refractivity contribution in [2.75, 3.05) is 27.2 Å². The molecule has 0 amide bonds. The van der Waals surface area contributed by atoms with E-state index in [-0.39, 0.29) is 0 Å². The van der Waals surface area contributed by atoms with E-state index < -0.39 is 0 Å². The highest BCUT2D eigenvalue weighted by Gasteiger charge is 2.41. The van der Waals surface area contributed by atoms with Crippen LogP contribution in [0.15, 0.2) is 61.1 Å². The number of rotatable bonds is 5. The third kappa shape index (κ3) is 3.36. The van der Waals surface area contributed by atoms with E-state index in [1.54, 1.807) is 0 Å². The highest BCUT2D eigenvalue weighted by Crippen LogP contribution is 2.35. The molecule has 4 heterocycles. The molecule has 6 heteroatoms. The number of aromatic nitrogens is 2. The molecule has 0 radical (unpaired) electrons. The molecule has 2 aliphatic heterocycles. The Bertz CT molecular complexity index is 1060. The fourth-order valence-corrected chi connectivity index (χ4v) is 5.15. The average Bonchev–Trinajstić information content (AvgIpc) is 3.23. The maximum atomic E-state index is 6.12. The first kappa shape index (κ1) is 19.5. The Morgan fingerprint density at radius 2 is 1.80 bits per heavy atom. The normalized spacial score (nSPS) is 21.4. The van der Waals surface area contributed by atoms with Gasteiger partial charge >= 0.3 is 0 Å². The van der Waals surface area contributed by atoms with E-state index in [4.69, 9.17) is 16.6 Å². The van der Waals surface area contributed by atoms with Crippen LogP contribution in [0, 0.1) is 0 Å². The standard InChI is InChI=1S/C24H28ClN5/c1-17(27(2)3)30-20-11-12-21(30)15-28(14-20)16-22-24(18-7-9-19(25)10-8-18)26-23-6-4-5-13-29(22)23/h4-10,13,20-21H,1,11-12,14-16H2,2-3H3. The third-order valence-corrected chi connectivity index (χ3v) is 6.74. The Hall–Kier alpha value is -2.50. The molecule has 2 saturated heterocycles. The number of piperazine rings is 1. The molecule has 0 N–H and O–H groups in total. The van der Waals surface area contributed by atoms with Gasteiger partial charge in [0.1, 0.15) is 5.65 Å². The third-order valence-electron chi connectivity index (χ3n) is 6.49. The van der Waals surface area contributed by atoms with Crippen LogP contribution in [-0.2, 0) is 6.54 Å². The summed E-state index contributed by atoms with van der Waals surface area (Å²) in [5.41, 5.74) is 4.39. The van der Waals surface area contributed by atoms with E-state index in [1.165, 1.54) is 18.5 Å². The summed E-state index contributed by atoms with van der Waals surface area (Å²) in [6, 6.07) is 15.3. The summed E-state index contributed by atoms with van der Waals surface area (Å²) in [5.74, 6) is 1.14. The molecule has 2 atom stereocenters. The number of hydrogen-bond acceptors (Lipinski definition) is 4. The van der Waals surface area contributed by atoms with E-state index in [1.807, 2.05) is 18.2 Å². The summed E-state index contributed by atoms with van der Waals surface area (Å²) in [6.45, 7) is 7.34. The number of halogens is 1. The van der Waals surface area contributed by atoms with Crippen LogP contribution in [-0.4, -0.2) is 63.4 Å². The van der Waals surface area contributed by atoms with Crippen LogP contribution < -0.4 is 0 Å². The summed E-state index contributed by atoms with van der Waals surface area (Å²) in [7, 11) is 4.18. The van der Waals surface area contributed by atoms with Crippen molar-refractivity contribution in [3.05, 3.63) is 71.8 Å². The Labute approximate surface area is 183 Å². The SMILES string of the molecule is C=C(N(C)C)N1C2CCC1CN(Cc1c(-c3ccc(Cl)cc3)nc3ccccn13)C2. The molecule has 2 bridgehead atoms. The van der Waals surface area contributed by atoms with Gasteiger partial charge in [0, 0.05) is 62.6 Å². The number of likely N-dealkylation sites (tertiary alicyclic amines) is 1. The molecule has 30 heavy (non-hydrogen) atoms. The van der Waals surface area contributed by atoms with Gasteiger partial charge < -0.3 is 14.2 Å². The van der Waals surface area contributed by atoms with Crippen LogP contribution in [0.4, 0.5) is 0 Å². The zero-order valence-electron chi connectivity index (χ0n) is 17.6. The van der Waals surface area contributed by atoms with Gasteiger partial charge in [0.05, 0.1) is 17.2 Å². The first-order valence-corrected chi connectivity index (χ1v) is 11.0. The van der Waals surface area contributed by atoms with Gasteiger partial charge in [-0.2, -0.15) is 0 Å². The van der Waals surface area contributed by atoms with Crippen LogP contribution in [0.25, 0.3) is 16.9 Å². The highest BCUT2D eigenvalue weighted by molar-refractivity contribution is 6.30. The number of pyridine rings is 1. The van der Waals surface area contributed by atoms with Gasteiger partial charge in [-0.3, -0.25) is 4.90 Å². The van der Waals surface area contributed by atoms with Crippen LogP contribution in [0.2, 0.25) is 5.02 Å². The highest BCUT2D eigenvalue weighted by atomic mass is 35.5. The van der Waals surface area contributed by atoms with E-state index in [0.717, 1.165) is 47.4 Å². The smallest absolute Gasteiger partial charge is 0.137 e. The molecule has 0 spiro atoms. The lowest BCUT2D eigenvalue weighted by molar-refractivity contribution is 0.0687. The number of benzene rings is 1. The lowest BCUT2D eigenvalue weighted by atomic mass is 10.1. The predicted molar refractivity (Wildman–Crippen MR) is 122 cm³/mol. The van der Waals surface area contributed by atoms with Gasteiger partial charge in [-0.25, -0.2) is 4.98 Å². The molecule has 2 unspecified atom stereocenters. The van der Waals surface area contributed by atoms with Crippen LogP contribution in [0.3, 0.4) is 0 Å². The fraction of sp³-hybridized carbons (Fsp3) is 0.375. The maximum Gasteiger partial charge on any atom is 0.137 e. The Morgan fingerprint density at radius 1 is 1.10 bits per heavy atom. The van der Waals surface area contributed by atoms with Crippen molar-refractivity contribution in [2.24, 2.45) is 0 Å². The number of fused-ring (bicyclic) bond motifs is 3. The monoisotopic (exact) mass is 421 g/mol. The molecule has 5 nitrogen and oxygen atoms in total. The number of hydrogen-bond donors (Lipinski definition) is 0. The van der Waals surface area contributed by atoms with E-state index in [2.05, 4.69) is 70.2 Å². The first-order chi connectivity index (χ1) is 14.5. The Balaban J connectivity index is 1.46. The molecule has 5 rings (SSSR count). The average molecular weight is 422 g/mol. The van der Waals surface area contributed by atoms with Crippen LogP contribution in [0.5, 0.6) is 0 Å². The van der Waals surface area contributed by atoms with Gasteiger partial charge in [-0.15, -0.1) is 0 Å². The van der Waals surface area contributed by atoms with Crippen molar-refractivity contribution in [1.82, 2.24) is 24.1 Å². The molecular weight excluding hydrogens is 394 g/mol. The maximum absolute atomic E-state index is 6.12. The van der Waals surface area contributed by atoms with Crippen molar-refractivity contribution >= 4 is 17.2 Å². The second-order valence-electron chi connectivity index (χ2n) is 8.64. The molecular formula is C24H28ClN5. The number of nitrogens with zero attached hydrogens (tertiary/aromatic N) is 5. The van der Waals surface area contributed by atoms with Gasteiger partial charge in [0.25, 0.3) is 0 Å². The lowest BCUT2D eigenvalue weighted by Crippen LogP contribution is -2.54. The van der Waals surface area contributed by atoms with Gasteiger partial charge in [0.2, 0.25) is 0 Å². The summed E-state index contributed by atoms with van der Waals surface area (Å²) in [5, 5.41) is 0.748. The quantitative estimate of drug-likeness (QED) is 0.612. The van der Waals surface area contributed by atoms with Crippen molar-refractivity contribution in [2.45, 2.75) is 31.5 Å². The van der Waals surface area contributed by atoms with E-state index in [9.17, 15) is 0 Å². The first-order valence-electron chi connectivity index (χ1n) is 10.6. The fourth-order valence-electron chi connectivity index (χ4n) is 5.02. The summed E-state index contributed by atoms with van der Waals surface area (Å²) >= 11 is 6.12. The molecule has 0 saturated carbocycles. The second-order valence-corrected chi connectivity index (χ2v) is 9.08. The van der Waals surface area contributed by atoms with Crippen LogP contribution >= 0.6 is 11.6 Å². The van der Waals surface area contributed by atoms with E-state index >= 15 is 0 Å². The zero-order chi connectivity index (χ0) is 20.8. The minimum absolute atomic E-state index is 0.539. The molecule has 2 fully saturated rings. The van der Waals surface area contributed by atoms with E-state index in [0.29, 0.717) is 12.1 Å². The van der Waals surface area contributed by atoms with Crippen molar-refractivity contribution < 1.29 is 0 Å². The molecule has 0 aliphatic carbocycles. The van der Waals surface area contributed by atoms with Gasteiger partial charge in [-0.1, -0.05) is 36.4 Å². The number of imidazole rings is 1. The van der Waals surface area contributed by atoms with Crippen molar-refractivity contribution in [3.8, 4) is 11.3 Å². The second kappa shape index (κ2) is 7.64. The van der Waals surface area contributed by atoms with Gasteiger partial charge in [0.15, 0.2) is 0 Å². The van der Waals surface area contributed by atoms with Crippen molar-refractivity contribution in [1.29, 1.82) is 0 Å². The minimum Gasteiger partial charge on any atom is -0.365 e. The summed E-state index contributed by atoms with van der Waals surface area (Å²) in [6.07, 6.45) is 4.60. The van der Waals surface area contributed by atoms with Crippen LogP contribution in [0.1, 0.15) is 18.5 Å². The lowest BCUT2D eigenvalue weighted by Gasteiger charge is -2.44. The molecule has 156 valence electrons. The topological polar surface area (TPSA) is 27.0 Å². The van der Waals surface area contributed by atoms with Gasteiger partial charge in [-0.05, 0) is 37.1 Å². The molecule has 3 aromatic rings. The summed E-state index contributed by atoms with van der Waals surface area (Å²) < 4.78 is 2.23. The molecule has 2 aliphatic rings. The zero-order valence-corrected chi connectivity index (χ0v) is 18.4. The van der Waals surface area contributed by atoms with Crippen molar-refractivity contribution in [3.63, 3.8) is 0 Å². The Morgan fingerprint density at radius 3 is 2.47 bits per heavy atom. The molecule has 1 aromatic carbocycles. The summed E-state index contributed by atoms with van der Waals surface area (Å²) in [4.78, 5) is 12.2. The minimum atomic E-state index is 0.539. The predicted octanol–water partition coefficient (Wildman–Crippen LogP) is 4.34. The largest absolute Gasteiger partial charge is 0.365 e.